The highest BCUT2D eigenvalue weighted by Gasteiger charge is 2.20. The van der Waals surface area contributed by atoms with E-state index in [4.69, 9.17) is 32.7 Å². The number of amides is 1. The van der Waals surface area contributed by atoms with Crippen LogP contribution >= 0.6 is 34.5 Å². The van der Waals surface area contributed by atoms with E-state index in [1.54, 1.807) is 6.92 Å². The number of aromatic nitrogens is 1. The summed E-state index contributed by atoms with van der Waals surface area (Å²) in [4.78, 5) is 29.5. The van der Waals surface area contributed by atoms with Crippen LogP contribution in [-0.4, -0.2) is 30.1 Å². The zero-order valence-electron chi connectivity index (χ0n) is 18.2. The molecule has 0 saturated heterocycles. The molecule has 0 bridgehead atoms. The quantitative estimate of drug-likeness (QED) is 0.279. The van der Waals surface area contributed by atoms with E-state index in [-0.39, 0.29) is 21.5 Å². The fourth-order valence-electron chi connectivity index (χ4n) is 2.65. The number of nitrogens with one attached hydrogen (secondary N) is 1. The third kappa shape index (κ3) is 7.66. The van der Waals surface area contributed by atoms with Crippen molar-refractivity contribution in [1.29, 1.82) is 0 Å². The number of thiazole rings is 1. The summed E-state index contributed by atoms with van der Waals surface area (Å²) in [5.41, 5.74) is 0.766. The van der Waals surface area contributed by atoms with Gasteiger partial charge in [0.25, 0.3) is 5.91 Å². The number of rotatable bonds is 11. The molecule has 0 aliphatic carbocycles. The van der Waals surface area contributed by atoms with Gasteiger partial charge in [0, 0.05) is 5.56 Å². The van der Waals surface area contributed by atoms with Crippen molar-refractivity contribution >= 4 is 51.5 Å². The van der Waals surface area contributed by atoms with Crippen molar-refractivity contribution < 1.29 is 19.1 Å². The van der Waals surface area contributed by atoms with E-state index in [9.17, 15) is 9.59 Å². The van der Waals surface area contributed by atoms with Crippen LogP contribution in [0.2, 0.25) is 10.0 Å². The molecule has 0 atom stereocenters. The number of ether oxygens (including phenoxy) is 2. The van der Waals surface area contributed by atoms with Gasteiger partial charge in [0.05, 0.1) is 29.0 Å². The van der Waals surface area contributed by atoms with E-state index >= 15 is 0 Å². The molecule has 0 unspecified atom stereocenters. The molecule has 0 fully saturated rings. The Bertz CT molecular complexity index is 892. The first-order valence-corrected chi connectivity index (χ1v) is 11.9. The summed E-state index contributed by atoms with van der Waals surface area (Å²) in [6.45, 7) is 8.58. The molecule has 9 heteroatoms. The number of esters is 1. The van der Waals surface area contributed by atoms with Crippen molar-refractivity contribution in [2.24, 2.45) is 5.92 Å². The smallest absolute Gasteiger partial charge is 0.350 e. The van der Waals surface area contributed by atoms with Gasteiger partial charge in [0.1, 0.15) is 4.88 Å². The van der Waals surface area contributed by atoms with E-state index in [2.05, 4.69) is 17.2 Å². The van der Waals surface area contributed by atoms with Crippen LogP contribution in [0.4, 0.5) is 5.13 Å². The van der Waals surface area contributed by atoms with Gasteiger partial charge in [-0.05, 0) is 31.4 Å². The summed E-state index contributed by atoms with van der Waals surface area (Å²) in [5.74, 6) is -0.282. The summed E-state index contributed by atoms with van der Waals surface area (Å²) in [6, 6.07) is 3.00. The Morgan fingerprint density at radius 1 is 1.16 bits per heavy atom. The topological polar surface area (TPSA) is 77.5 Å². The van der Waals surface area contributed by atoms with Crippen molar-refractivity contribution in [3.8, 4) is 5.75 Å². The summed E-state index contributed by atoms with van der Waals surface area (Å²) in [6.07, 6.45) is 4.28. The van der Waals surface area contributed by atoms with Gasteiger partial charge in [-0.2, -0.15) is 0 Å². The minimum atomic E-state index is -0.448. The van der Waals surface area contributed by atoms with E-state index in [0.717, 1.165) is 37.0 Å². The summed E-state index contributed by atoms with van der Waals surface area (Å²) in [5, 5.41) is 3.51. The van der Waals surface area contributed by atoms with Gasteiger partial charge in [0.15, 0.2) is 10.9 Å². The molecule has 0 saturated carbocycles. The number of benzene rings is 1. The molecule has 1 N–H and O–H groups in total. The molecule has 2 aromatic rings. The Labute approximate surface area is 197 Å². The predicted molar refractivity (Wildman–Crippen MR) is 126 cm³/mol. The highest BCUT2D eigenvalue weighted by molar-refractivity contribution is 7.17. The van der Waals surface area contributed by atoms with Crippen LogP contribution in [0.3, 0.4) is 0 Å². The highest BCUT2D eigenvalue weighted by atomic mass is 35.5. The van der Waals surface area contributed by atoms with Crippen molar-refractivity contribution in [3.63, 3.8) is 0 Å². The lowest BCUT2D eigenvalue weighted by molar-refractivity contribution is 0.0463. The Hall–Kier alpha value is -1.83. The van der Waals surface area contributed by atoms with E-state index < -0.39 is 11.9 Å². The lowest BCUT2D eigenvalue weighted by atomic mass is 10.2. The lowest BCUT2D eigenvalue weighted by Gasteiger charge is -2.11. The molecule has 1 heterocycles. The molecule has 1 aromatic heterocycles. The second-order valence-corrected chi connectivity index (χ2v) is 9.37. The standard InChI is InChI=1S/C22H28Cl2N2O4S/c1-5-6-7-8-9-29-18-16(23)10-15(11-17(18)24)20(27)26-22-25-14(4)19(31-22)21(28)30-12-13(2)3/h10-11,13H,5-9,12H2,1-4H3,(H,25,26,27). The summed E-state index contributed by atoms with van der Waals surface area (Å²) >= 11 is 13.6. The molecule has 0 radical (unpaired) electrons. The maximum atomic E-state index is 12.6. The molecule has 1 amide bonds. The second-order valence-electron chi connectivity index (χ2n) is 7.56. The van der Waals surface area contributed by atoms with E-state index in [1.165, 1.54) is 12.1 Å². The van der Waals surface area contributed by atoms with E-state index in [0.29, 0.717) is 34.7 Å². The minimum absolute atomic E-state index is 0.231. The Morgan fingerprint density at radius 3 is 2.45 bits per heavy atom. The maximum absolute atomic E-state index is 12.6. The fraction of sp³-hybridized carbons (Fsp3) is 0.500. The zero-order chi connectivity index (χ0) is 23.0. The van der Waals surface area contributed by atoms with Gasteiger partial charge < -0.3 is 9.47 Å². The average molecular weight is 487 g/mol. The van der Waals surface area contributed by atoms with Crippen molar-refractivity contribution in [3.05, 3.63) is 38.3 Å². The van der Waals surface area contributed by atoms with Gasteiger partial charge in [-0.1, -0.05) is 74.6 Å². The van der Waals surface area contributed by atoms with Crippen LogP contribution in [0.15, 0.2) is 12.1 Å². The molecule has 0 spiro atoms. The van der Waals surface area contributed by atoms with Gasteiger partial charge in [-0.15, -0.1) is 0 Å². The molecule has 2 rings (SSSR count). The van der Waals surface area contributed by atoms with Gasteiger partial charge in [0.2, 0.25) is 0 Å². The molecule has 0 aliphatic heterocycles. The van der Waals surface area contributed by atoms with Gasteiger partial charge in [-0.3, -0.25) is 10.1 Å². The first-order valence-electron chi connectivity index (χ1n) is 10.3. The highest BCUT2D eigenvalue weighted by Crippen LogP contribution is 2.35. The number of carbonyl (C=O) groups is 2. The number of carbonyl (C=O) groups excluding carboxylic acids is 2. The van der Waals surface area contributed by atoms with Gasteiger partial charge in [-0.25, -0.2) is 9.78 Å². The number of hydrogen-bond acceptors (Lipinski definition) is 6. The van der Waals surface area contributed by atoms with Crippen molar-refractivity contribution in [2.75, 3.05) is 18.5 Å². The maximum Gasteiger partial charge on any atom is 0.350 e. The zero-order valence-corrected chi connectivity index (χ0v) is 20.5. The SMILES string of the molecule is CCCCCCOc1c(Cl)cc(C(=O)Nc2nc(C)c(C(=O)OCC(C)C)s2)cc1Cl. The van der Waals surface area contributed by atoms with Crippen LogP contribution in [0.1, 0.15) is 72.2 Å². The molecule has 0 aliphatic rings. The Balaban J connectivity index is 2.04. The normalized spacial score (nSPS) is 10.9. The molecule has 170 valence electrons. The number of unbranched alkanes of at least 4 members (excludes halogenated alkanes) is 3. The predicted octanol–water partition coefficient (Wildman–Crippen LogP) is 6.78. The Morgan fingerprint density at radius 2 is 1.84 bits per heavy atom. The molecular weight excluding hydrogens is 459 g/mol. The summed E-state index contributed by atoms with van der Waals surface area (Å²) in [7, 11) is 0. The number of nitrogens with zero attached hydrogens (tertiary/aromatic N) is 1. The summed E-state index contributed by atoms with van der Waals surface area (Å²) < 4.78 is 10.9. The minimum Gasteiger partial charge on any atom is -0.490 e. The largest absolute Gasteiger partial charge is 0.490 e. The van der Waals surface area contributed by atoms with Crippen molar-refractivity contribution in [2.45, 2.75) is 53.4 Å². The van der Waals surface area contributed by atoms with E-state index in [1.807, 2.05) is 13.8 Å². The number of anilines is 1. The number of aryl methyl sites for hydroxylation is 1. The second kappa shape index (κ2) is 12.3. The molecule has 31 heavy (non-hydrogen) atoms. The first-order chi connectivity index (χ1) is 14.7. The van der Waals surface area contributed by atoms with Crippen LogP contribution in [0, 0.1) is 12.8 Å². The van der Waals surface area contributed by atoms with Crippen LogP contribution in [0.25, 0.3) is 0 Å². The number of halogens is 2. The Kier molecular flexibility index (Phi) is 10.1. The fourth-order valence-corrected chi connectivity index (χ4v) is 4.10. The molecule has 1 aromatic carbocycles. The third-order valence-corrected chi connectivity index (χ3v) is 5.87. The average Bonchev–Trinajstić information content (AvgIpc) is 3.07. The molecular formula is C22H28Cl2N2O4S. The number of hydrogen-bond donors (Lipinski definition) is 1. The van der Waals surface area contributed by atoms with Crippen LogP contribution < -0.4 is 10.1 Å². The first kappa shape index (κ1) is 25.4. The monoisotopic (exact) mass is 486 g/mol. The van der Waals surface area contributed by atoms with Gasteiger partial charge >= 0.3 is 5.97 Å². The van der Waals surface area contributed by atoms with Crippen molar-refractivity contribution in [1.82, 2.24) is 4.98 Å². The lowest BCUT2D eigenvalue weighted by Crippen LogP contribution is -2.12. The molecule has 6 nitrogen and oxygen atoms in total. The van der Waals surface area contributed by atoms with Crippen LogP contribution in [0.5, 0.6) is 5.75 Å². The third-order valence-electron chi connectivity index (χ3n) is 4.25. The van der Waals surface area contributed by atoms with Crippen LogP contribution in [-0.2, 0) is 4.74 Å².